The molecular weight excluding hydrogens is 244 g/mol. The lowest BCUT2D eigenvalue weighted by Gasteiger charge is -2.26. The van der Waals surface area contributed by atoms with E-state index in [1.807, 2.05) is 11.8 Å². The van der Waals surface area contributed by atoms with Crippen molar-refractivity contribution < 1.29 is 14.7 Å². The molecule has 1 amide bonds. The van der Waals surface area contributed by atoms with Gasteiger partial charge in [0.25, 0.3) is 0 Å². The van der Waals surface area contributed by atoms with Gasteiger partial charge < -0.3 is 10.0 Å². The number of likely N-dealkylation sites (tertiary alicyclic amines) is 1. The molecule has 1 N–H and O–H groups in total. The highest BCUT2D eigenvalue weighted by molar-refractivity contribution is 5.77. The molecule has 1 aliphatic heterocycles. The van der Waals surface area contributed by atoms with E-state index >= 15 is 0 Å². The first-order valence-corrected chi connectivity index (χ1v) is 7.21. The summed E-state index contributed by atoms with van der Waals surface area (Å²) in [5, 5.41) is 8.71. The number of likely N-dealkylation sites (N-methyl/N-ethyl adjacent to an activating group) is 1. The summed E-state index contributed by atoms with van der Waals surface area (Å²) in [6.45, 7) is 9.73. The van der Waals surface area contributed by atoms with E-state index in [2.05, 4.69) is 18.7 Å². The normalized spacial score (nSPS) is 20.8. The molecule has 1 fully saturated rings. The second-order valence-corrected chi connectivity index (χ2v) is 5.41. The quantitative estimate of drug-likeness (QED) is 0.760. The average Bonchev–Trinajstić information content (AvgIpc) is 2.79. The third-order valence-corrected chi connectivity index (χ3v) is 3.89. The van der Waals surface area contributed by atoms with Gasteiger partial charge in [0.05, 0.1) is 0 Å². The number of nitrogens with zero attached hydrogens (tertiary/aromatic N) is 2. The third-order valence-electron chi connectivity index (χ3n) is 3.89. The standard InChI is InChI=1S/C14H26N2O3/c1-4-15(5-2)12-6-7-16(10-12)13(17)8-11(3)9-14(18)19/h11-12H,4-10H2,1-3H3,(H,18,19). The van der Waals surface area contributed by atoms with E-state index in [1.54, 1.807) is 0 Å². The Bertz CT molecular complexity index is 316. The monoisotopic (exact) mass is 270 g/mol. The minimum absolute atomic E-state index is 0.0685. The van der Waals surface area contributed by atoms with Crippen molar-refractivity contribution in [3.8, 4) is 0 Å². The number of carbonyl (C=O) groups is 2. The number of hydrogen-bond acceptors (Lipinski definition) is 3. The molecule has 1 heterocycles. The minimum atomic E-state index is -0.831. The third kappa shape index (κ3) is 4.82. The van der Waals surface area contributed by atoms with E-state index in [0.29, 0.717) is 12.5 Å². The van der Waals surface area contributed by atoms with Crippen LogP contribution in [0.2, 0.25) is 0 Å². The predicted octanol–water partition coefficient (Wildman–Crippen LogP) is 1.43. The van der Waals surface area contributed by atoms with Crippen molar-refractivity contribution in [3.05, 3.63) is 0 Å². The summed E-state index contributed by atoms with van der Waals surface area (Å²) in [5.41, 5.74) is 0. The fraction of sp³-hybridized carbons (Fsp3) is 0.857. The Morgan fingerprint density at radius 2 is 1.95 bits per heavy atom. The number of carboxylic acids is 1. The molecule has 0 aromatic rings. The van der Waals surface area contributed by atoms with Crippen LogP contribution < -0.4 is 0 Å². The van der Waals surface area contributed by atoms with Gasteiger partial charge in [-0.2, -0.15) is 0 Å². The highest BCUT2D eigenvalue weighted by Crippen LogP contribution is 2.18. The Labute approximate surface area is 115 Å². The maximum atomic E-state index is 12.1. The molecule has 0 saturated carbocycles. The van der Waals surface area contributed by atoms with Crippen molar-refractivity contribution in [3.63, 3.8) is 0 Å². The van der Waals surface area contributed by atoms with Gasteiger partial charge in [-0.25, -0.2) is 0 Å². The maximum absolute atomic E-state index is 12.1. The topological polar surface area (TPSA) is 60.9 Å². The largest absolute Gasteiger partial charge is 0.481 e. The van der Waals surface area contributed by atoms with Crippen LogP contribution in [-0.4, -0.2) is 59.0 Å². The highest BCUT2D eigenvalue weighted by atomic mass is 16.4. The number of aliphatic carboxylic acids is 1. The van der Waals surface area contributed by atoms with Crippen molar-refractivity contribution >= 4 is 11.9 Å². The van der Waals surface area contributed by atoms with Gasteiger partial charge in [0.15, 0.2) is 0 Å². The first-order valence-electron chi connectivity index (χ1n) is 7.21. The maximum Gasteiger partial charge on any atom is 0.303 e. The van der Waals surface area contributed by atoms with Crippen LogP contribution in [0.15, 0.2) is 0 Å². The molecule has 19 heavy (non-hydrogen) atoms. The summed E-state index contributed by atoms with van der Waals surface area (Å²) in [6, 6.07) is 0.466. The van der Waals surface area contributed by atoms with E-state index in [1.165, 1.54) is 0 Å². The average molecular weight is 270 g/mol. The van der Waals surface area contributed by atoms with Crippen LogP contribution in [0.3, 0.4) is 0 Å². The van der Waals surface area contributed by atoms with Gasteiger partial charge in [-0.3, -0.25) is 14.5 Å². The number of carbonyl (C=O) groups excluding carboxylic acids is 1. The lowest BCUT2D eigenvalue weighted by molar-refractivity contribution is -0.138. The number of rotatable bonds is 7. The first-order chi connectivity index (χ1) is 8.97. The Morgan fingerprint density at radius 1 is 1.32 bits per heavy atom. The van der Waals surface area contributed by atoms with Crippen molar-refractivity contribution in [2.24, 2.45) is 5.92 Å². The molecule has 5 heteroatoms. The molecule has 5 nitrogen and oxygen atoms in total. The molecule has 1 saturated heterocycles. The van der Waals surface area contributed by atoms with E-state index in [0.717, 1.165) is 32.6 Å². The van der Waals surface area contributed by atoms with Crippen LogP contribution in [0.5, 0.6) is 0 Å². The van der Waals surface area contributed by atoms with Crippen LogP contribution in [0.1, 0.15) is 40.0 Å². The second kappa shape index (κ2) is 7.48. The van der Waals surface area contributed by atoms with E-state index in [4.69, 9.17) is 5.11 Å². The van der Waals surface area contributed by atoms with Crippen LogP contribution in [0.4, 0.5) is 0 Å². The zero-order valence-corrected chi connectivity index (χ0v) is 12.3. The smallest absolute Gasteiger partial charge is 0.303 e. The second-order valence-electron chi connectivity index (χ2n) is 5.41. The van der Waals surface area contributed by atoms with Gasteiger partial charge in [0.2, 0.25) is 5.91 Å². The van der Waals surface area contributed by atoms with E-state index in [9.17, 15) is 9.59 Å². The summed E-state index contributed by atoms with van der Waals surface area (Å²) in [7, 11) is 0. The van der Waals surface area contributed by atoms with Crippen molar-refractivity contribution in [1.29, 1.82) is 0 Å². The van der Waals surface area contributed by atoms with Gasteiger partial charge in [-0.1, -0.05) is 20.8 Å². The number of hydrogen-bond donors (Lipinski definition) is 1. The Kier molecular flexibility index (Phi) is 6.28. The van der Waals surface area contributed by atoms with Gasteiger partial charge >= 0.3 is 5.97 Å². The van der Waals surface area contributed by atoms with Crippen molar-refractivity contribution in [2.45, 2.75) is 46.1 Å². The van der Waals surface area contributed by atoms with E-state index in [-0.39, 0.29) is 18.2 Å². The molecule has 0 aromatic heterocycles. The lowest BCUT2D eigenvalue weighted by atomic mass is 10.0. The Morgan fingerprint density at radius 3 is 2.47 bits per heavy atom. The van der Waals surface area contributed by atoms with Gasteiger partial charge in [-0.05, 0) is 25.4 Å². The summed E-state index contributed by atoms with van der Waals surface area (Å²) in [5.74, 6) is -0.816. The molecule has 0 bridgehead atoms. The Hall–Kier alpha value is -1.10. The van der Waals surface area contributed by atoms with Crippen molar-refractivity contribution in [1.82, 2.24) is 9.80 Å². The Balaban J connectivity index is 2.41. The summed E-state index contributed by atoms with van der Waals surface area (Å²) < 4.78 is 0. The fourth-order valence-electron chi connectivity index (χ4n) is 2.80. The van der Waals surface area contributed by atoms with Gasteiger partial charge in [-0.15, -0.1) is 0 Å². The molecule has 2 atom stereocenters. The number of amides is 1. The van der Waals surface area contributed by atoms with Crippen molar-refractivity contribution in [2.75, 3.05) is 26.2 Å². The summed E-state index contributed by atoms with van der Waals surface area (Å²) in [4.78, 5) is 27.0. The van der Waals surface area contributed by atoms with Gasteiger partial charge in [0, 0.05) is 32.0 Å². The zero-order chi connectivity index (χ0) is 14.4. The molecule has 2 unspecified atom stereocenters. The minimum Gasteiger partial charge on any atom is -0.481 e. The highest BCUT2D eigenvalue weighted by Gasteiger charge is 2.29. The molecule has 110 valence electrons. The lowest BCUT2D eigenvalue weighted by Crippen LogP contribution is -2.38. The van der Waals surface area contributed by atoms with Crippen LogP contribution in [-0.2, 0) is 9.59 Å². The van der Waals surface area contributed by atoms with E-state index < -0.39 is 5.97 Å². The van der Waals surface area contributed by atoms with Gasteiger partial charge in [0.1, 0.15) is 0 Å². The molecule has 0 aromatic carbocycles. The van der Waals surface area contributed by atoms with Crippen LogP contribution >= 0.6 is 0 Å². The summed E-state index contributed by atoms with van der Waals surface area (Å²) in [6.07, 6.45) is 1.44. The zero-order valence-electron chi connectivity index (χ0n) is 12.3. The predicted molar refractivity (Wildman–Crippen MR) is 73.9 cm³/mol. The van der Waals surface area contributed by atoms with Crippen LogP contribution in [0, 0.1) is 5.92 Å². The fourth-order valence-corrected chi connectivity index (χ4v) is 2.80. The molecule has 1 rings (SSSR count). The first kappa shape index (κ1) is 16.0. The van der Waals surface area contributed by atoms with Crippen LogP contribution in [0.25, 0.3) is 0 Å². The molecule has 1 aliphatic rings. The molecular formula is C14H26N2O3. The SMILES string of the molecule is CCN(CC)C1CCN(C(=O)CC(C)CC(=O)O)C1. The molecule has 0 radical (unpaired) electrons. The summed E-state index contributed by atoms with van der Waals surface area (Å²) >= 11 is 0. The molecule has 0 aliphatic carbocycles. The number of carboxylic acid groups (broad SMARTS) is 1. The molecule has 0 spiro atoms.